The Balaban J connectivity index is 2.45. The highest BCUT2D eigenvalue weighted by atomic mass is 16.5. The van der Waals surface area contributed by atoms with Crippen molar-refractivity contribution >= 4 is 5.97 Å². The highest BCUT2D eigenvalue weighted by molar-refractivity contribution is 5.87. The van der Waals surface area contributed by atoms with Crippen molar-refractivity contribution in [3.63, 3.8) is 0 Å². The van der Waals surface area contributed by atoms with Gasteiger partial charge in [0.15, 0.2) is 0 Å². The average Bonchev–Trinajstić information content (AvgIpc) is 2.48. The van der Waals surface area contributed by atoms with Gasteiger partial charge in [0.1, 0.15) is 12.4 Å². The van der Waals surface area contributed by atoms with Gasteiger partial charge in [-0.2, -0.15) is 0 Å². The summed E-state index contributed by atoms with van der Waals surface area (Å²) in [6.45, 7) is 2.30. The SMILES string of the molecule is CCC(CO)(CO)NCCOc1cccc(C(=O)O)c1. The smallest absolute Gasteiger partial charge is 0.335 e. The van der Waals surface area contributed by atoms with Crippen molar-refractivity contribution in [3.05, 3.63) is 29.8 Å². The van der Waals surface area contributed by atoms with Crippen LogP contribution < -0.4 is 10.1 Å². The topological polar surface area (TPSA) is 99.0 Å². The van der Waals surface area contributed by atoms with Crippen LogP contribution in [0.2, 0.25) is 0 Å². The van der Waals surface area contributed by atoms with Crippen molar-refractivity contribution in [2.24, 2.45) is 0 Å². The van der Waals surface area contributed by atoms with E-state index >= 15 is 0 Å². The lowest BCUT2D eigenvalue weighted by molar-refractivity contribution is 0.0696. The molecule has 0 bridgehead atoms. The number of carbonyl (C=O) groups is 1. The van der Waals surface area contributed by atoms with Gasteiger partial charge in [-0.05, 0) is 24.6 Å². The number of aliphatic hydroxyl groups excluding tert-OH is 2. The summed E-state index contributed by atoms with van der Waals surface area (Å²) in [5.41, 5.74) is -0.532. The van der Waals surface area contributed by atoms with Crippen molar-refractivity contribution in [2.45, 2.75) is 18.9 Å². The lowest BCUT2D eigenvalue weighted by Crippen LogP contribution is -2.52. The largest absolute Gasteiger partial charge is 0.492 e. The number of rotatable bonds is 9. The molecular formula is C14H21NO5. The van der Waals surface area contributed by atoms with Crippen molar-refractivity contribution in [2.75, 3.05) is 26.4 Å². The van der Waals surface area contributed by atoms with Crippen LogP contribution in [0.25, 0.3) is 0 Å². The van der Waals surface area contributed by atoms with Gasteiger partial charge in [-0.1, -0.05) is 13.0 Å². The molecule has 112 valence electrons. The molecule has 0 aliphatic heterocycles. The molecule has 20 heavy (non-hydrogen) atoms. The van der Waals surface area contributed by atoms with Crippen LogP contribution in [0.15, 0.2) is 24.3 Å². The molecule has 0 saturated heterocycles. The first-order valence-electron chi connectivity index (χ1n) is 6.50. The molecule has 0 radical (unpaired) electrons. The van der Waals surface area contributed by atoms with E-state index < -0.39 is 11.5 Å². The molecule has 1 aromatic carbocycles. The molecule has 1 aromatic rings. The number of hydrogen-bond acceptors (Lipinski definition) is 5. The number of hydrogen-bond donors (Lipinski definition) is 4. The van der Waals surface area contributed by atoms with E-state index in [-0.39, 0.29) is 18.8 Å². The first kappa shape index (κ1) is 16.4. The molecule has 0 aliphatic rings. The van der Waals surface area contributed by atoms with Crippen LogP contribution in [0.3, 0.4) is 0 Å². The van der Waals surface area contributed by atoms with E-state index in [1.54, 1.807) is 12.1 Å². The highest BCUT2D eigenvalue weighted by Gasteiger charge is 2.25. The number of nitrogens with one attached hydrogen (secondary N) is 1. The summed E-state index contributed by atoms with van der Waals surface area (Å²) in [5.74, 6) is -0.527. The van der Waals surface area contributed by atoms with Gasteiger partial charge in [-0.15, -0.1) is 0 Å². The van der Waals surface area contributed by atoms with Gasteiger partial charge in [-0.3, -0.25) is 0 Å². The molecule has 0 atom stereocenters. The third kappa shape index (κ3) is 4.48. The molecule has 0 fully saturated rings. The molecule has 0 saturated carbocycles. The molecule has 0 heterocycles. The Morgan fingerprint density at radius 2 is 2.05 bits per heavy atom. The Morgan fingerprint density at radius 3 is 2.60 bits per heavy atom. The van der Waals surface area contributed by atoms with Gasteiger partial charge >= 0.3 is 5.97 Å². The lowest BCUT2D eigenvalue weighted by Gasteiger charge is -2.29. The Kier molecular flexibility index (Phi) is 6.44. The van der Waals surface area contributed by atoms with Gasteiger partial charge in [0, 0.05) is 6.54 Å². The van der Waals surface area contributed by atoms with Crippen LogP contribution in [0.4, 0.5) is 0 Å². The Labute approximate surface area is 118 Å². The maximum absolute atomic E-state index is 10.8. The molecule has 0 unspecified atom stereocenters. The molecule has 1 rings (SSSR count). The molecule has 0 aromatic heterocycles. The number of benzene rings is 1. The maximum atomic E-state index is 10.8. The van der Waals surface area contributed by atoms with Gasteiger partial charge < -0.3 is 25.4 Å². The van der Waals surface area contributed by atoms with Gasteiger partial charge in [0.2, 0.25) is 0 Å². The standard InChI is InChI=1S/C14H21NO5/c1-2-14(9-16,10-17)15-6-7-20-12-5-3-4-11(8-12)13(18)19/h3-5,8,15-17H,2,6-7,9-10H2,1H3,(H,18,19). The minimum absolute atomic E-state index is 0.158. The van der Waals surface area contributed by atoms with E-state index in [0.29, 0.717) is 25.3 Å². The third-order valence-electron chi connectivity index (χ3n) is 3.23. The van der Waals surface area contributed by atoms with Gasteiger partial charge in [0.25, 0.3) is 0 Å². The summed E-state index contributed by atoms with van der Waals surface area (Å²) in [6, 6.07) is 6.24. The molecule has 0 spiro atoms. The second-order valence-electron chi connectivity index (χ2n) is 4.56. The van der Waals surface area contributed by atoms with Crippen LogP contribution in [0, 0.1) is 0 Å². The van der Waals surface area contributed by atoms with Crippen LogP contribution >= 0.6 is 0 Å². The molecular weight excluding hydrogens is 262 g/mol. The Morgan fingerprint density at radius 1 is 1.35 bits per heavy atom. The molecule has 6 heteroatoms. The summed E-state index contributed by atoms with van der Waals surface area (Å²) >= 11 is 0. The second-order valence-corrected chi connectivity index (χ2v) is 4.56. The second kappa shape index (κ2) is 7.84. The van der Waals surface area contributed by atoms with Gasteiger partial charge in [0.05, 0.1) is 24.3 Å². The fourth-order valence-electron chi connectivity index (χ4n) is 1.71. The zero-order valence-corrected chi connectivity index (χ0v) is 11.5. The fraction of sp³-hybridized carbons (Fsp3) is 0.500. The Hall–Kier alpha value is -1.63. The summed E-state index contributed by atoms with van der Waals surface area (Å²) in [6.07, 6.45) is 0.592. The van der Waals surface area contributed by atoms with Crippen LogP contribution in [0.1, 0.15) is 23.7 Å². The predicted molar refractivity (Wildman–Crippen MR) is 74.1 cm³/mol. The zero-order chi connectivity index (χ0) is 15.0. The monoisotopic (exact) mass is 283 g/mol. The van der Waals surface area contributed by atoms with E-state index in [1.807, 2.05) is 6.92 Å². The van der Waals surface area contributed by atoms with Crippen molar-refractivity contribution in [3.8, 4) is 5.75 Å². The number of aliphatic hydroxyl groups is 2. The molecule has 0 amide bonds. The summed E-state index contributed by atoms with van der Waals surface area (Å²) in [4.78, 5) is 10.8. The Bertz CT molecular complexity index is 423. The summed E-state index contributed by atoms with van der Waals surface area (Å²) in [7, 11) is 0. The molecule has 0 aliphatic carbocycles. The van der Waals surface area contributed by atoms with Crippen LogP contribution in [-0.4, -0.2) is 53.2 Å². The summed E-state index contributed by atoms with van der Waals surface area (Å²) < 4.78 is 5.44. The average molecular weight is 283 g/mol. The van der Waals surface area contributed by atoms with Crippen molar-refractivity contribution < 1.29 is 24.9 Å². The normalized spacial score (nSPS) is 11.3. The number of carboxylic acid groups (broad SMARTS) is 1. The number of carboxylic acids is 1. The molecule has 4 N–H and O–H groups in total. The van der Waals surface area contributed by atoms with Crippen molar-refractivity contribution in [1.82, 2.24) is 5.32 Å². The summed E-state index contributed by atoms with van der Waals surface area (Å²) in [5, 5.41) is 30.4. The zero-order valence-electron chi connectivity index (χ0n) is 11.5. The molecule has 6 nitrogen and oxygen atoms in total. The first-order chi connectivity index (χ1) is 9.56. The van der Waals surface area contributed by atoms with Crippen LogP contribution in [0.5, 0.6) is 5.75 Å². The fourth-order valence-corrected chi connectivity index (χ4v) is 1.71. The van der Waals surface area contributed by atoms with Crippen molar-refractivity contribution in [1.29, 1.82) is 0 Å². The van der Waals surface area contributed by atoms with E-state index in [1.165, 1.54) is 12.1 Å². The van der Waals surface area contributed by atoms with Gasteiger partial charge in [-0.25, -0.2) is 4.79 Å². The number of aromatic carboxylic acids is 1. The van der Waals surface area contributed by atoms with E-state index in [0.717, 1.165) is 0 Å². The third-order valence-corrected chi connectivity index (χ3v) is 3.23. The number of ether oxygens (including phenoxy) is 1. The maximum Gasteiger partial charge on any atom is 0.335 e. The minimum atomic E-state index is -1.00. The predicted octanol–water partition coefficient (Wildman–Crippen LogP) is 0.487. The first-order valence-corrected chi connectivity index (χ1v) is 6.50. The van der Waals surface area contributed by atoms with E-state index in [9.17, 15) is 15.0 Å². The lowest BCUT2D eigenvalue weighted by atomic mass is 9.99. The highest BCUT2D eigenvalue weighted by Crippen LogP contribution is 2.13. The van der Waals surface area contributed by atoms with Crippen LogP contribution in [-0.2, 0) is 0 Å². The van der Waals surface area contributed by atoms with E-state index in [4.69, 9.17) is 9.84 Å². The quantitative estimate of drug-likeness (QED) is 0.492. The van der Waals surface area contributed by atoms with E-state index in [2.05, 4.69) is 5.32 Å². The minimum Gasteiger partial charge on any atom is -0.492 e.